The predicted octanol–water partition coefficient (Wildman–Crippen LogP) is 3.45. The van der Waals surface area contributed by atoms with Gasteiger partial charge in [0.1, 0.15) is 0 Å². The maximum atomic E-state index is 12.6. The van der Waals surface area contributed by atoms with Gasteiger partial charge in [-0.2, -0.15) is 0 Å². The smallest absolute Gasteiger partial charge is 0.255 e. The van der Waals surface area contributed by atoms with Crippen molar-refractivity contribution in [2.45, 2.75) is 18.7 Å². The summed E-state index contributed by atoms with van der Waals surface area (Å²) in [6.07, 6.45) is 1.07. The Bertz CT molecular complexity index is 1020. The Labute approximate surface area is 177 Å². The monoisotopic (exact) mass is 435 g/mol. The molecular formula is C21H26ClN3O3S. The molecule has 0 aromatic heterocycles. The molecule has 2 aromatic rings. The van der Waals surface area contributed by atoms with Gasteiger partial charge in [0, 0.05) is 49.4 Å². The van der Waals surface area contributed by atoms with Gasteiger partial charge in [0.15, 0.2) is 9.84 Å². The molecule has 2 aromatic carbocycles. The minimum absolute atomic E-state index is 0.0513. The summed E-state index contributed by atoms with van der Waals surface area (Å²) in [5.74, 6) is -0.379. The van der Waals surface area contributed by atoms with Gasteiger partial charge in [0.05, 0.1) is 9.92 Å². The van der Waals surface area contributed by atoms with Crippen molar-refractivity contribution in [1.82, 2.24) is 4.90 Å². The lowest BCUT2D eigenvalue weighted by Crippen LogP contribution is -2.46. The van der Waals surface area contributed by atoms with Gasteiger partial charge in [-0.05, 0) is 55.4 Å². The summed E-state index contributed by atoms with van der Waals surface area (Å²) in [7, 11) is -3.51. The number of rotatable bonds is 5. The molecule has 156 valence electrons. The number of hydrogen-bond acceptors (Lipinski definition) is 5. The summed E-state index contributed by atoms with van der Waals surface area (Å²) in [5.41, 5.74) is 3.16. The molecule has 0 spiro atoms. The second kappa shape index (κ2) is 8.73. The number of hydrogen-bond donors (Lipinski definition) is 1. The number of aryl methyl sites for hydroxylation is 1. The Morgan fingerprint density at radius 3 is 2.38 bits per heavy atom. The van der Waals surface area contributed by atoms with Gasteiger partial charge in [-0.15, -0.1) is 0 Å². The fourth-order valence-electron chi connectivity index (χ4n) is 3.53. The summed E-state index contributed by atoms with van der Waals surface area (Å²) >= 11 is 5.96. The second-order valence-corrected chi connectivity index (χ2v) is 9.69. The van der Waals surface area contributed by atoms with Crippen molar-refractivity contribution in [1.29, 1.82) is 0 Å². The van der Waals surface area contributed by atoms with E-state index in [4.69, 9.17) is 11.6 Å². The van der Waals surface area contributed by atoms with Crippen molar-refractivity contribution in [3.63, 3.8) is 0 Å². The van der Waals surface area contributed by atoms with Crippen molar-refractivity contribution in [3.8, 4) is 0 Å². The molecule has 0 bridgehead atoms. The van der Waals surface area contributed by atoms with E-state index in [9.17, 15) is 13.2 Å². The molecule has 1 saturated heterocycles. The highest BCUT2D eigenvalue weighted by molar-refractivity contribution is 7.90. The van der Waals surface area contributed by atoms with E-state index >= 15 is 0 Å². The van der Waals surface area contributed by atoms with Crippen LogP contribution in [-0.2, 0) is 9.84 Å². The largest absolute Gasteiger partial charge is 0.369 e. The lowest BCUT2D eigenvalue weighted by atomic mass is 10.1. The quantitative estimate of drug-likeness (QED) is 0.778. The third kappa shape index (κ3) is 5.10. The standard InChI is InChI=1S/C21H26ClN3O3S/c1-4-24-9-11-25(12-10-24)19-8-6-17(13-15(19)2)23-21(26)16-5-7-18(22)20(14-16)29(3,27)28/h5-8,13-14H,4,9-12H2,1-3H3,(H,23,26). The molecule has 3 rings (SSSR count). The zero-order valence-corrected chi connectivity index (χ0v) is 18.5. The maximum Gasteiger partial charge on any atom is 0.255 e. The molecule has 1 amide bonds. The number of carbonyl (C=O) groups excluding carboxylic acids is 1. The fourth-order valence-corrected chi connectivity index (χ4v) is 4.83. The van der Waals surface area contributed by atoms with Gasteiger partial charge in [0.25, 0.3) is 5.91 Å². The van der Waals surface area contributed by atoms with E-state index in [-0.39, 0.29) is 21.4 Å². The first-order valence-corrected chi connectivity index (χ1v) is 11.8. The normalized spacial score (nSPS) is 15.4. The van der Waals surface area contributed by atoms with Crippen LogP contribution in [0, 0.1) is 6.92 Å². The SMILES string of the molecule is CCN1CCN(c2ccc(NC(=O)c3ccc(Cl)c(S(C)(=O)=O)c3)cc2C)CC1. The van der Waals surface area contributed by atoms with Crippen LogP contribution < -0.4 is 10.2 Å². The Hall–Kier alpha value is -2.09. The van der Waals surface area contributed by atoms with E-state index in [2.05, 4.69) is 22.0 Å². The molecule has 6 nitrogen and oxygen atoms in total. The van der Waals surface area contributed by atoms with Gasteiger partial charge in [-0.25, -0.2) is 8.42 Å². The van der Waals surface area contributed by atoms with E-state index in [1.807, 2.05) is 25.1 Å². The zero-order valence-electron chi connectivity index (χ0n) is 16.9. The molecule has 0 atom stereocenters. The number of likely N-dealkylation sites (N-methyl/N-ethyl adjacent to an activating group) is 1. The summed E-state index contributed by atoms with van der Waals surface area (Å²) in [4.78, 5) is 17.3. The van der Waals surface area contributed by atoms with E-state index in [0.717, 1.165) is 44.5 Å². The topological polar surface area (TPSA) is 69.7 Å². The number of amides is 1. The minimum Gasteiger partial charge on any atom is -0.369 e. The van der Waals surface area contributed by atoms with Crippen LogP contribution >= 0.6 is 11.6 Å². The lowest BCUT2D eigenvalue weighted by molar-refractivity contribution is 0.102. The Kier molecular flexibility index (Phi) is 6.51. The molecular weight excluding hydrogens is 410 g/mol. The number of nitrogens with zero attached hydrogens (tertiary/aromatic N) is 2. The molecule has 0 saturated carbocycles. The van der Waals surface area contributed by atoms with E-state index in [0.29, 0.717) is 5.69 Å². The summed E-state index contributed by atoms with van der Waals surface area (Å²) in [6.45, 7) is 9.35. The summed E-state index contributed by atoms with van der Waals surface area (Å²) < 4.78 is 23.7. The van der Waals surface area contributed by atoms with Crippen LogP contribution in [0.3, 0.4) is 0 Å². The maximum absolute atomic E-state index is 12.6. The first-order valence-electron chi connectivity index (χ1n) is 9.58. The van der Waals surface area contributed by atoms with Crippen molar-refractivity contribution >= 4 is 38.7 Å². The Balaban J connectivity index is 1.74. The van der Waals surface area contributed by atoms with Gasteiger partial charge in [-0.1, -0.05) is 18.5 Å². The van der Waals surface area contributed by atoms with Gasteiger partial charge >= 0.3 is 0 Å². The molecule has 0 aliphatic carbocycles. The van der Waals surface area contributed by atoms with Crippen LogP contribution in [0.25, 0.3) is 0 Å². The Morgan fingerprint density at radius 1 is 1.10 bits per heavy atom. The van der Waals surface area contributed by atoms with E-state index < -0.39 is 9.84 Å². The first-order chi connectivity index (χ1) is 13.7. The number of piperazine rings is 1. The molecule has 8 heteroatoms. The second-order valence-electron chi connectivity index (χ2n) is 7.29. The lowest BCUT2D eigenvalue weighted by Gasteiger charge is -2.36. The average molecular weight is 436 g/mol. The van der Waals surface area contributed by atoms with Gasteiger partial charge < -0.3 is 15.1 Å². The van der Waals surface area contributed by atoms with E-state index in [1.165, 1.54) is 23.9 Å². The molecule has 1 fully saturated rings. The minimum atomic E-state index is -3.51. The third-order valence-electron chi connectivity index (χ3n) is 5.21. The van der Waals surface area contributed by atoms with Crippen LogP contribution in [0.4, 0.5) is 11.4 Å². The number of benzene rings is 2. The van der Waals surface area contributed by atoms with Gasteiger partial charge in [0.2, 0.25) is 0 Å². The number of carbonyl (C=O) groups is 1. The van der Waals surface area contributed by atoms with Crippen LogP contribution in [-0.4, -0.2) is 58.2 Å². The zero-order chi connectivity index (χ0) is 21.2. The molecule has 29 heavy (non-hydrogen) atoms. The summed E-state index contributed by atoms with van der Waals surface area (Å²) in [6, 6.07) is 10.1. The Morgan fingerprint density at radius 2 is 1.79 bits per heavy atom. The number of halogens is 1. The fraction of sp³-hybridized carbons (Fsp3) is 0.381. The molecule has 0 unspecified atom stereocenters. The van der Waals surface area contributed by atoms with E-state index in [1.54, 1.807) is 0 Å². The first kappa shape index (κ1) is 21.6. The van der Waals surface area contributed by atoms with Crippen molar-refractivity contribution in [2.24, 2.45) is 0 Å². The molecule has 1 aliphatic rings. The van der Waals surface area contributed by atoms with Gasteiger partial charge in [-0.3, -0.25) is 4.79 Å². The van der Waals surface area contributed by atoms with Crippen LogP contribution in [0.15, 0.2) is 41.3 Å². The number of nitrogens with one attached hydrogen (secondary N) is 1. The highest BCUT2D eigenvalue weighted by Gasteiger charge is 2.19. The van der Waals surface area contributed by atoms with Crippen LogP contribution in [0.1, 0.15) is 22.8 Å². The summed E-state index contributed by atoms with van der Waals surface area (Å²) in [5, 5.41) is 2.94. The van der Waals surface area contributed by atoms with Crippen molar-refractivity contribution in [2.75, 3.05) is 49.2 Å². The molecule has 1 heterocycles. The van der Waals surface area contributed by atoms with Crippen LogP contribution in [0.2, 0.25) is 5.02 Å². The van der Waals surface area contributed by atoms with Crippen molar-refractivity contribution < 1.29 is 13.2 Å². The number of sulfone groups is 1. The average Bonchev–Trinajstić information content (AvgIpc) is 2.67. The molecule has 1 aliphatic heterocycles. The number of anilines is 2. The predicted molar refractivity (Wildman–Crippen MR) is 118 cm³/mol. The molecule has 0 radical (unpaired) electrons. The van der Waals surface area contributed by atoms with Crippen LogP contribution in [0.5, 0.6) is 0 Å². The highest BCUT2D eigenvalue weighted by atomic mass is 35.5. The highest BCUT2D eigenvalue weighted by Crippen LogP contribution is 2.26. The van der Waals surface area contributed by atoms with Crippen molar-refractivity contribution in [3.05, 3.63) is 52.5 Å². The molecule has 1 N–H and O–H groups in total. The third-order valence-corrected chi connectivity index (χ3v) is 6.79.